The minimum atomic E-state index is -3.52. The molecule has 6 nitrogen and oxygen atoms in total. The van der Waals surface area contributed by atoms with Crippen LogP contribution in [0.3, 0.4) is 0 Å². The maximum absolute atomic E-state index is 12.4. The van der Waals surface area contributed by atoms with Crippen molar-refractivity contribution in [2.24, 2.45) is 0 Å². The second-order valence-electron chi connectivity index (χ2n) is 5.59. The van der Waals surface area contributed by atoms with Crippen LogP contribution < -0.4 is 10.0 Å². The Morgan fingerprint density at radius 2 is 1.88 bits per heavy atom. The average Bonchev–Trinajstić information content (AvgIpc) is 2.97. The molecule has 3 rings (SSSR count). The summed E-state index contributed by atoms with van der Waals surface area (Å²) in [7, 11) is -2.16. The second-order valence-corrected chi connectivity index (χ2v) is 7.48. The predicted octanol–water partition coefficient (Wildman–Crippen LogP) is 2.58. The Kier molecular flexibility index (Phi) is 4.61. The maximum Gasteiger partial charge on any atom is 0.287 e. The van der Waals surface area contributed by atoms with Crippen LogP contribution in [-0.2, 0) is 16.6 Å². The van der Waals surface area contributed by atoms with E-state index in [2.05, 4.69) is 10.0 Å². The van der Waals surface area contributed by atoms with Crippen LogP contribution in [0.1, 0.15) is 21.7 Å². The first-order chi connectivity index (χ1) is 11.9. The topological polar surface area (TPSA) is 88.4 Å². The zero-order chi connectivity index (χ0) is 18.0. The van der Waals surface area contributed by atoms with Gasteiger partial charge in [-0.3, -0.25) is 4.79 Å². The minimum Gasteiger partial charge on any atom is -0.451 e. The van der Waals surface area contributed by atoms with Crippen molar-refractivity contribution in [2.45, 2.75) is 18.4 Å². The molecule has 0 aliphatic carbocycles. The van der Waals surface area contributed by atoms with Gasteiger partial charge in [0.05, 0.1) is 4.90 Å². The molecule has 7 heteroatoms. The molecule has 1 heterocycles. The van der Waals surface area contributed by atoms with Gasteiger partial charge in [0, 0.05) is 17.5 Å². The summed E-state index contributed by atoms with van der Waals surface area (Å²) in [6.45, 7) is 2.03. The number of carbonyl (C=O) groups excluding carboxylic acids is 1. The number of furan rings is 1. The molecule has 2 aromatic carbocycles. The van der Waals surface area contributed by atoms with Crippen LogP contribution in [0.2, 0.25) is 0 Å². The van der Waals surface area contributed by atoms with E-state index in [9.17, 15) is 13.2 Å². The van der Waals surface area contributed by atoms with Gasteiger partial charge in [0.15, 0.2) is 5.76 Å². The monoisotopic (exact) mass is 358 g/mol. The Balaban J connectivity index is 1.78. The lowest BCUT2D eigenvalue weighted by molar-refractivity contribution is 0.0924. The molecule has 2 N–H and O–H groups in total. The number of aryl methyl sites for hydroxylation is 1. The molecule has 0 fully saturated rings. The summed E-state index contributed by atoms with van der Waals surface area (Å²) in [6.07, 6.45) is 0. The quantitative estimate of drug-likeness (QED) is 0.734. The van der Waals surface area contributed by atoms with Crippen molar-refractivity contribution in [3.05, 3.63) is 65.4 Å². The summed E-state index contributed by atoms with van der Waals surface area (Å²) >= 11 is 0. The van der Waals surface area contributed by atoms with Crippen molar-refractivity contribution >= 4 is 26.9 Å². The van der Waals surface area contributed by atoms with Crippen LogP contribution in [0.5, 0.6) is 0 Å². The number of amides is 1. The number of carbonyl (C=O) groups is 1. The van der Waals surface area contributed by atoms with Gasteiger partial charge in [-0.2, -0.15) is 0 Å². The first-order valence-corrected chi connectivity index (χ1v) is 9.19. The molecule has 0 unspecified atom stereocenters. The molecule has 0 saturated carbocycles. The smallest absolute Gasteiger partial charge is 0.287 e. The molecule has 25 heavy (non-hydrogen) atoms. The van der Waals surface area contributed by atoms with Crippen LogP contribution in [0.4, 0.5) is 0 Å². The second kappa shape index (κ2) is 6.70. The Hall–Kier alpha value is -2.64. The molecule has 0 spiro atoms. The lowest BCUT2D eigenvalue weighted by atomic mass is 10.1. The molecule has 0 bridgehead atoms. The van der Waals surface area contributed by atoms with Gasteiger partial charge < -0.3 is 9.73 Å². The van der Waals surface area contributed by atoms with E-state index in [1.807, 2.05) is 31.2 Å². The molecule has 0 aliphatic heterocycles. The third-order valence-corrected chi connectivity index (χ3v) is 5.39. The highest BCUT2D eigenvalue weighted by Gasteiger charge is 2.17. The highest BCUT2D eigenvalue weighted by Crippen LogP contribution is 2.24. The summed E-state index contributed by atoms with van der Waals surface area (Å²) in [5, 5.41) is 3.66. The normalized spacial score (nSPS) is 11.6. The lowest BCUT2D eigenvalue weighted by Crippen LogP contribution is -2.23. The third-order valence-electron chi connectivity index (χ3n) is 3.98. The lowest BCUT2D eigenvalue weighted by Gasteiger charge is -2.07. The fraction of sp³-hybridized carbons (Fsp3) is 0.167. The van der Waals surface area contributed by atoms with E-state index in [1.165, 1.54) is 19.2 Å². The number of benzene rings is 2. The number of fused-ring (bicyclic) bond motifs is 1. The van der Waals surface area contributed by atoms with Crippen molar-refractivity contribution < 1.29 is 17.6 Å². The fourth-order valence-corrected chi connectivity index (χ4v) is 3.39. The average molecular weight is 358 g/mol. The van der Waals surface area contributed by atoms with E-state index >= 15 is 0 Å². The van der Waals surface area contributed by atoms with Crippen LogP contribution >= 0.6 is 0 Å². The summed E-state index contributed by atoms with van der Waals surface area (Å²) in [5.74, 6) is -0.0734. The Morgan fingerprint density at radius 1 is 1.12 bits per heavy atom. The summed E-state index contributed by atoms with van der Waals surface area (Å²) in [6, 6.07) is 13.9. The molecule has 0 atom stereocenters. The van der Waals surface area contributed by atoms with Crippen molar-refractivity contribution in [1.29, 1.82) is 0 Å². The highest BCUT2D eigenvalue weighted by atomic mass is 32.2. The predicted molar refractivity (Wildman–Crippen MR) is 94.8 cm³/mol. The molecule has 1 aromatic heterocycles. The zero-order valence-electron chi connectivity index (χ0n) is 13.9. The standard InChI is InChI=1S/C18H18N2O4S/c1-12-15-8-3-4-9-16(15)24-17(12)18(21)20-11-13-6-5-7-14(10-13)25(22,23)19-2/h3-10,19H,11H2,1-2H3,(H,20,21). The molecule has 3 aromatic rings. The molecular weight excluding hydrogens is 340 g/mol. The van der Waals surface area contributed by atoms with Gasteiger partial charge >= 0.3 is 0 Å². The first kappa shape index (κ1) is 17.2. The molecule has 130 valence electrons. The molecular formula is C18H18N2O4S. The van der Waals surface area contributed by atoms with Gasteiger partial charge in [-0.15, -0.1) is 0 Å². The van der Waals surface area contributed by atoms with Crippen molar-refractivity contribution in [3.63, 3.8) is 0 Å². The van der Waals surface area contributed by atoms with Gasteiger partial charge in [0.1, 0.15) is 5.58 Å². The SMILES string of the molecule is CNS(=O)(=O)c1cccc(CNC(=O)c2oc3ccccc3c2C)c1. The van der Waals surface area contributed by atoms with E-state index in [0.29, 0.717) is 11.1 Å². The number of hydrogen-bond donors (Lipinski definition) is 2. The van der Waals surface area contributed by atoms with Gasteiger partial charge in [0.25, 0.3) is 5.91 Å². The van der Waals surface area contributed by atoms with Crippen molar-refractivity contribution in [3.8, 4) is 0 Å². The number of para-hydroxylation sites is 1. The third kappa shape index (κ3) is 3.42. The Bertz CT molecular complexity index is 1040. The summed E-state index contributed by atoms with van der Waals surface area (Å²) in [4.78, 5) is 12.6. The van der Waals surface area contributed by atoms with E-state index < -0.39 is 10.0 Å². The van der Waals surface area contributed by atoms with Crippen LogP contribution in [0, 0.1) is 6.92 Å². The summed E-state index contributed by atoms with van der Waals surface area (Å²) < 4.78 is 31.6. The van der Waals surface area contributed by atoms with Crippen LogP contribution in [-0.4, -0.2) is 21.4 Å². The van der Waals surface area contributed by atoms with E-state index in [1.54, 1.807) is 12.1 Å². The van der Waals surface area contributed by atoms with Crippen molar-refractivity contribution in [2.75, 3.05) is 7.05 Å². The Labute approximate surface area is 145 Å². The Morgan fingerprint density at radius 3 is 2.60 bits per heavy atom. The number of rotatable bonds is 5. The largest absolute Gasteiger partial charge is 0.451 e. The fourth-order valence-electron chi connectivity index (χ4n) is 2.59. The van der Waals surface area contributed by atoms with Crippen LogP contribution in [0.15, 0.2) is 57.8 Å². The van der Waals surface area contributed by atoms with E-state index in [-0.39, 0.29) is 23.1 Å². The van der Waals surface area contributed by atoms with Gasteiger partial charge in [0.2, 0.25) is 10.0 Å². The maximum atomic E-state index is 12.4. The van der Waals surface area contributed by atoms with E-state index in [0.717, 1.165) is 10.9 Å². The number of hydrogen-bond acceptors (Lipinski definition) is 4. The molecule has 0 saturated heterocycles. The van der Waals surface area contributed by atoms with E-state index in [4.69, 9.17) is 4.42 Å². The molecule has 1 amide bonds. The number of nitrogens with one attached hydrogen (secondary N) is 2. The van der Waals surface area contributed by atoms with Crippen molar-refractivity contribution in [1.82, 2.24) is 10.0 Å². The van der Waals surface area contributed by atoms with Gasteiger partial charge in [-0.05, 0) is 37.7 Å². The minimum absolute atomic E-state index is 0.154. The molecule has 0 aliphatic rings. The van der Waals surface area contributed by atoms with Gasteiger partial charge in [-0.1, -0.05) is 30.3 Å². The summed E-state index contributed by atoms with van der Waals surface area (Å²) in [5.41, 5.74) is 2.12. The van der Waals surface area contributed by atoms with Crippen LogP contribution in [0.25, 0.3) is 11.0 Å². The highest BCUT2D eigenvalue weighted by molar-refractivity contribution is 7.89. The zero-order valence-corrected chi connectivity index (χ0v) is 14.7. The number of sulfonamides is 1. The molecule has 0 radical (unpaired) electrons. The first-order valence-electron chi connectivity index (χ1n) is 7.71. The van der Waals surface area contributed by atoms with Gasteiger partial charge in [-0.25, -0.2) is 13.1 Å².